The van der Waals surface area contributed by atoms with Crippen LogP contribution in [0.3, 0.4) is 0 Å². The number of anilines is 1. The molecule has 0 saturated heterocycles. The van der Waals surface area contributed by atoms with Gasteiger partial charge in [0.1, 0.15) is 5.82 Å². The lowest BCUT2D eigenvalue weighted by molar-refractivity contribution is 0.331. The zero-order chi connectivity index (χ0) is 9.14. The summed E-state index contributed by atoms with van der Waals surface area (Å²) in [5, 5.41) is 0. The van der Waals surface area contributed by atoms with Gasteiger partial charge in [-0.1, -0.05) is 0 Å². The van der Waals surface area contributed by atoms with Crippen molar-refractivity contribution in [3.8, 4) is 11.8 Å². The molecule has 0 amide bonds. The van der Waals surface area contributed by atoms with Crippen LogP contribution in [-0.2, 0) is 0 Å². The van der Waals surface area contributed by atoms with Crippen LogP contribution in [0.5, 0.6) is 11.8 Å². The number of nitrogens with two attached hydrogens (primary N) is 1. The van der Waals surface area contributed by atoms with Crippen LogP contribution in [0, 0.1) is 6.92 Å². The molecule has 2 N–H and O–H groups in total. The molecule has 0 spiro atoms. The number of methoxy groups -OCH3 is 2. The van der Waals surface area contributed by atoms with Crippen molar-refractivity contribution in [2.24, 2.45) is 0 Å². The molecule has 0 saturated carbocycles. The summed E-state index contributed by atoms with van der Waals surface area (Å²) >= 11 is 0. The van der Waals surface area contributed by atoms with Gasteiger partial charge in [-0.2, -0.15) is 4.98 Å². The number of aryl methyl sites for hydroxylation is 1. The van der Waals surface area contributed by atoms with Crippen molar-refractivity contribution < 1.29 is 9.47 Å². The van der Waals surface area contributed by atoms with Gasteiger partial charge in [-0.25, -0.2) is 4.98 Å². The Kier molecular flexibility index (Phi) is 2.32. The number of ether oxygens (including phenoxy) is 2. The fraction of sp³-hybridized carbons (Fsp3) is 0.429. The predicted molar refractivity (Wildman–Crippen MR) is 44.3 cm³/mol. The average Bonchev–Trinajstić information content (AvgIpc) is 2.09. The molecule has 12 heavy (non-hydrogen) atoms. The molecule has 0 atom stereocenters. The Balaban J connectivity index is 3.19. The van der Waals surface area contributed by atoms with Crippen molar-refractivity contribution in [1.29, 1.82) is 0 Å². The van der Waals surface area contributed by atoms with E-state index in [1.807, 2.05) is 0 Å². The molecule has 0 bridgehead atoms. The zero-order valence-electron chi connectivity index (χ0n) is 7.29. The number of nitrogen functional groups attached to an aromatic ring is 1. The van der Waals surface area contributed by atoms with Gasteiger partial charge in [-0.15, -0.1) is 0 Å². The molecular weight excluding hydrogens is 158 g/mol. The van der Waals surface area contributed by atoms with E-state index in [0.717, 1.165) is 0 Å². The maximum Gasteiger partial charge on any atom is 0.279 e. The summed E-state index contributed by atoms with van der Waals surface area (Å²) in [5.41, 5.74) is 6.14. The molecule has 1 aromatic heterocycles. The van der Waals surface area contributed by atoms with Crippen molar-refractivity contribution in [3.63, 3.8) is 0 Å². The maximum atomic E-state index is 5.51. The Labute approximate surface area is 70.5 Å². The van der Waals surface area contributed by atoms with Crippen LogP contribution in [0.15, 0.2) is 0 Å². The van der Waals surface area contributed by atoms with E-state index in [-0.39, 0.29) is 0 Å². The van der Waals surface area contributed by atoms with E-state index in [0.29, 0.717) is 23.3 Å². The van der Waals surface area contributed by atoms with Gasteiger partial charge in [0, 0.05) is 0 Å². The molecule has 66 valence electrons. The first kappa shape index (κ1) is 8.58. The summed E-state index contributed by atoms with van der Waals surface area (Å²) in [6.45, 7) is 1.75. The summed E-state index contributed by atoms with van der Waals surface area (Å²) in [6, 6.07) is 0. The fourth-order valence-electron chi connectivity index (χ4n) is 0.761. The lowest BCUT2D eigenvalue weighted by atomic mass is 10.4. The van der Waals surface area contributed by atoms with Crippen LogP contribution >= 0.6 is 0 Å². The standard InChI is InChI=1S/C7H11N3O2/c1-4-5(8)10-7(12-3)6(9-4)11-2/h1-3H3,(H2,8,10). The van der Waals surface area contributed by atoms with E-state index in [4.69, 9.17) is 15.2 Å². The first-order chi connectivity index (χ1) is 5.69. The first-order valence-electron chi connectivity index (χ1n) is 3.41. The molecule has 1 aromatic rings. The molecule has 0 aliphatic heterocycles. The van der Waals surface area contributed by atoms with Crippen LogP contribution in [0.2, 0.25) is 0 Å². The van der Waals surface area contributed by atoms with E-state index in [1.54, 1.807) is 6.92 Å². The van der Waals surface area contributed by atoms with Gasteiger partial charge in [0.25, 0.3) is 11.8 Å². The van der Waals surface area contributed by atoms with Crippen LogP contribution in [-0.4, -0.2) is 24.2 Å². The van der Waals surface area contributed by atoms with Crippen molar-refractivity contribution in [3.05, 3.63) is 5.69 Å². The summed E-state index contributed by atoms with van der Waals surface area (Å²) in [5.74, 6) is 1.01. The van der Waals surface area contributed by atoms with Gasteiger partial charge >= 0.3 is 0 Å². The molecule has 0 aliphatic carbocycles. The van der Waals surface area contributed by atoms with E-state index < -0.39 is 0 Å². The molecule has 5 nitrogen and oxygen atoms in total. The zero-order valence-corrected chi connectivity index (χ0v) is 7.29. The predicted octanol–water partition coefficient (Wildman–Crippen LogP) is 0.384. The second-order valence-corrected chi connectivity index (χ2v) is 2.21. The molecule has 0 aromatic carbocycles. The summed E-state index contributed by atoms with van der Waals surface area (Å²) in [4.78, 5) is 7.96. The number of nitrogens with zero attached hydrogens (tertiary/aromatic N) is 2. The molecule has 5 heteroatoms. The lowest BCUT2D eigenvalue weighted by Gasteiger charge is -2.06. The summed E-state index contributed by atoms with van der Waals surface area (Å²) < 4.78 is 9.81. The molecule has 0 radical (unpaired) electrons. The lowest BCUT2D eigenvalue weighted by Crippen LogP contribution is -2.02. The van der Waals surface area contributed by atoms with Gasteiger partial charge in [0.05, 0.1) is 19.9 Å². The Morgan fingerprint density at radius 1 is 1.08 bits per heavy atom. The van der Waals surface area contributed by atoms with Crippen LogP contribution in [0.1, 0.15) is 5.69 Å². The largest absolute Gasteiger partial charge is 0.477 e. The molecule has 0 fully saturated rings. The highest BCUT2D eigenvalue weighted by Crippen LogP contribution is 2.23. The highest BCUT2D eigenvalue weighted by Gasteiger charge is 2.09. The van der Waals surface area contributed by atoms with Crippen molar-refractivity contribution in [2.45, 2.75) is 6.92 Å². The number of hydrogen-bond donors (Lipinski definition) is 1. The number of rotatable bonds is 2. The Morgan fingerprint density at radius 3 is 2.08 bits per heavy atom. The van der Waals surface area contributed by atoms with Gasteiger partial charge in [0.15, 0.2) is 0 Å². The molecule has 1 rings (SSSR count). The van der Waals surface area contributed by atoms with E-state index in [1.165, 1.54) is 14.2 Å². The van der Waals surface area contributed by atoms with Crippen LogP contribution in [0.25, 0.3) is 0 Å². The van der Waals surface area contributed by atoms with Gasteiger partial charge in [-0.05, 0) is 6.92 Å². The molecule has 0 unspecified atom stereocenters. The van der Waals surface area contributed by atoms with Crippen LogP contribution < -0.4 is 15.2 Å². The highest BCUT2D eigenvalue weighted by atomic mass is 16.5. The van der Waals surface area contributed by atoms with Gasteiger partial charge in [0.2, 0.25) is 0 Å². The fourth-order valence-corrected chi connectivity index (χ4v) is 0.761. The Hall–Kier alpha value is -1.52. The Bertz CT molecular complexity index is 259. The summed E-state index contributed by atoms with van der Waals surface area (Å²) in [6.07, 6.45) is 0. The van der Waals surface area contributed by atoms with Gasteiger partial charge in [-0.3, -0.25) is 0 Å². The quantitative estimate of drug-likeness (QED) is 0.693. The minimum absolute atomic E-state index is 0.306. The third-order valence-corrected chi connectivity index (χ3v) is 1.43. The first-order valence-corrected chi connectivity index (χ1v) is 3.41. The van der Waals surface area contributed by atoms with Crippen LogP contribution in [0.4, 0.5) is 5.82 Å². The molecular formula is C7H11N3O2. The number of hydrogen-bond acceptors (Lipinski definition) is 5. The van der Waals surface area contributed by atoms with Crippen molar-refractivity contribution in [1.82, 2.24) is 9.97 Å². The summed E-state index contributed by atoms with van der Waals surface area (Å²) in [7, 11) is 2.99. The minimum Gasteiger partial charge on any atom is -0.477 e. The van der Waals surface area contributed by atoms with E-state index >= 15 is 0 Å². The Morgan fingerprint density at radius 2 is 1.58 bits per heavy atom. The molecule has 1 heterocycles. The SMILES string of the molecule is COc1nc(C)c(N)nc1OC. The maximum absolute atomic E-state index is 5.51. The normalized spacial score (nSPS) is 9.58. The second kappa shape index (κ2) is 3.25. The third-order valence-electron chi connectivity index (χ3n) is 1.43. The van der Waals surface area contributed by atoms with Crippen molar-refractivity contribution in [2.75, 3.05) is 20.0 Å². The monoisotopic (exact) mass is 169 g/mol. The highest BCUT2D eigenvalue weighted by molar-refractivity contribution is 5.40. The van der Waals surface area contributed by atoms with E-state index in [2.05, 4.69) is 9.97 Å². The average molecular weight is 169 g/mol. The smallest absolute Gasteiger partial charge is 0.279 e. The second-order valence-electron chi connectivity index (χ2n) is 2.21. The van der Waals surface area contributed by atoms with Crippen molar-refractivity contribution >= 4 is 5.82 Å². The minimum atomic E-state index is 0.306. The third kappa shape index (κ3) is 1.39. The molecule has 0 aliphatic rings. The topological polar surface area (TPSA) is 70.3 Å². The van der Waals surface area contributed by atoms with E-state index in [9.17, 15) is 0 Å². The van der Waals surface area contributed by atoms with Gasteiger partial charge < -0.3 is 15.2 Å². The number of aromatic nitrogens is 2.